The van der Waals surface area contributed by atoms with Crippen molar-refractivity contribution in [3.63, 3.8) is 0 Å². The average Bonchev–Trinajstić information content (AvgIpc) is 2.32. The average molecular weight is 219 g/mol. The molecule has 0 saturated carbocycles. The first-order chi connectivity index (χ1) is 7.75. The van der Waals surface area contributed by atoms with Crippen molar-refractivity contribution >= 4 is 11.5 Å². The third-order valence-electron chi connectivity index (χ3n) is 3.05. The van der Waals surface area contributed by atoms with Crippen molar-refractivity contribution in [1.29, 1.82) is 0 Å². The Kier molecular flexibility index (Phi) is 2.02. The van der Waals surface area contributed by atoms with E-state index in [1.807, 2.05) is 19.2 Å². The van der Waals surface area contributed by atoms with E-state index < -0.39 is 0 Å². The van der Waals surface area contributed by atoms with E-state index in [1.54, 1.807) is 0 Å². The van der Waals surface area contributed by atoms with E-state index in [-0.39, 0.29) is 5.78 Å². The number of hydrogen-bond donors (Lipinski definition) is 0. The first kappa shape index (κ1) is 9.51. The van der Waals surface area contributed by atoms with Gasteiger partial charge in [0.05, 0.1) is 5.69 Å². The highest BCUT2D eigenvalue weighted by Crippen LogP contribution is 2.38. The number of fused-ring (bicyclic) bond motifs is 2. The fourth-order valence-electron chi connectivity index (χ4n) is 2.14. The predicted molar refractivity (Wildman–Crippen MR) is 59.6 cm³/mol. The van der Waals surface area contributed by atoms with Gasteiger partial charge in [-0.1, -0.05) is 0 Å². The van der Waals surface area contributed by atoms with E-state index in [0.29, 0.717) is 25.4 Å². The topological polar surface area (TPSA) is 38.8 Å². The Morgan fingerprint density at radius 2 is 1.88 bits per heavy atom. The molecule has 0 bridgehead atoms. The van der Waals surface area contributed by atoms with Crippen LogP contribution in [0.25, 0.3) is 0 Å². The molecule has 0 N–H and O–H groups in total. The molecule has 1 aromatic carbocycles. The second-order valence-corrected chi connectivity index (χ2v) is 4.11. The molecule has 0 aliphatic carbocycles. The SMILES string of the molecule is CN1CCC(=O)c2cc3c(cc21)OCCO3. The number of ether oxygens (including phenoxy) is 2. The van der Waals surface area contributed by atoms with E-state index in [0.717, 1.165) is 23.5 Å². The molecule has 3 rings (SSSR count). The smallest absolute Gasteiger partial charge is 0.166 e. The summed E-state index contributed by atoms with van der Waals surface area (Å²) >= 11 is 0. The van der Waals surface area contributed by atoms with Crippen LogP contribution in [0.4, 0.5) is 5.69 Å². The van der Waals surface area contributed by atoms with Crippen molar-refractivity contribution in [2.45, 2.75) is 6.42 Å². The van der Waals surface area contributed by atoms with Gasteiger partial charge in [-0.25, -0.2) is 0 Å². The maximum atomic E-state index is 11.8. The molecule has 1 aromatic rings. The number of ketones is 1. The number of benzene rings is 1. The minimum absolute atomic E-state index is 0.185. The summed E-state index contributed by atoms with van der Waals surface area (Å²) in [4.78, 5) is 13.9. The highest BCUT2D eigenvalue weighted by Gasteiger charge is 2.25. The number of hydrogen-bond acceptors (Lipinski definition) is 4. The summed E-state index contributed by atoms with van der Waals surface area (Å²) in [6.45, 7) is 1.89. The standard InChI is InChI=1S/C12H13NO3/c1-13-3-2-10(14)8-6-11-12(7-9(8)13)16-5-4-15-11/h6-7H,2-5H2,1H3. The lowest BCUT2D eigenvalue weighted by Crippen LogP contribution is -2.29. The van der Waals surface area contributed by atoms with E-state index >= 15 is 0 Å². The Hall–Kier alpha value is -1.71. The molecular weight excluding hydrogens is 206 g/mol. The molecule has 0 fully saturated rings. The number of Topliss-reactive ketones (excluding diaryl/α,β-unsaturated/α-hetero) is 1. The van der Waals surface area contributed by atoms with Gasteiger partial charge in [-0.15, -0.1) is 0 Å². The normalized spacial score (nSPS) is 18.3. The Morgan fingerprint density at radius 3 is 2.62 bits per heavy atom. The van der Waals surface area contributed by atoms with Gasteiger partial charge in [0, 0.05) is 31.6 Å². The first-order valence-corrected chi connectivity index (χ1v) is 5.44. The van der Waals surface area contributed by atoms with Crippen molar-refractivity contribution in [3.05, 3.63) is 17.7 Å². The van der Waals surface area contributed by atoms with Crippen LogP contribution in [0.1, 0.15) is 16.8 Å². The van der Waals surface area contributed by atoms with E-state index in [2.05, 4.69) is 4.90 Å². The zero-order chi connectivity index (χ0) is 11.1. The zero-order valence-corrected chi connectivity index (χ0v) is 9.16. The second kappa shape index (κ2) is 3.40. The third-order valence-corrected chi connectivity index (χ3v) is 3.05. The summed E-state index contributed by atoms with van der Waals surface area (Å²) in [7, 11) is 1.99. The maximum absolute atomic E-state index is 11.8. The van der Waals surface area contributed by atoms with Crippen molar-refractivity contribution in [3.8, 4) is 11.5 Å². The lowest BCUT2D eigenvalue weighted by atomic mass is 10.00. The molecule has 0 saturated heterocycles. The molecule has 4 nitrogen and oxygen atoms in total. The Bertz CT molecular complexity index is 456. The van der Waals surface area contributed by atoms with Crippen molar-refractivity contribution in [2.24, 2.45) is 0 Å². The van der Waals surface area contributed by atoms with E-state index in [1.165, 1.54) is 0 Å². The Balaban J connectivity index is 2.15. The van der Waals surface area contributed by atoms with Gasteiger partial charge in [0.25, 0.3) is 0 Å². The van der Waals surface area contributed by atoms with Gasteiger partial charge in [-0.3, -0.25) is 4.79 Å². The molecule has 0 aromatic heterocycles. The van der Waals surface area contributed by atoms with Crippen LogP contribution in [0.3, 0.4) is 0 Å². The van der Waals surface area contributed by atoms with Gasteiger partial charge < -0.3 is 14.4 Å². The van der Waals surface area contributed by atoms with Crippen LogP contribution in [-0.2, 0) is 0 Å². The number of nitrogens with zero attached hydrogens (tertiary/aromatic N) is 1. The summed E-state index contributed by atoms with van der Waals surface area (Å²) in [6.07, 6.45) is 0.573. The van der Waals surface area contributed by atoms with Crippen LogP contribution in [0.15, 0.2) is 12.1 Å². The van der Waals surface area contributed by atoms with Crippen LogP contribution in [0, 0.1) is 0 Å². The lowest BCUT2D eigenvalue weighted by molar-refractivity contribution is 0.0979. The highest BCUT2D eigenvalue weighted by molar-refractivity contribution is 6.04. The first-order valence-electron chi connectivity index (χ1n) is 5.44. The third kappa shape index (κ3) is 1.33. The molecule has 0 radical (unpaired) electrons. The number of rotatable bonds is 0. The van der Waals surface area contributed by atoms with E-state index in [9.17, 15) is 4.79 Å². The van der Waals surface area contributed by atoms with Gasteiger partial charge in [-0.2, -0.15) is 0 Å². The van der Waals surface area contributed by atoms with Crippen LogP contribution >= 0.6 is 0 Å². The summed E-state index contributed by atoms with van der Waals surface area (Å²) < 4.78 is 11.0. The molecular formula is C12H13NO3. The Labute approximate surface area is 93.8 Å². The van der Waals surface area contributed by atoms with Gasteiger partial charge in [0.1, 0.15) is 13.2 Å². The lowest BCUT2D eigenvalue weighted by Gasteiger charge is -2.29. The zero-order valence-electron chi connectivity index (χ0n) is 9.16. The molecule has 16 heavy (non-hydrogen) atoms. The minimum Gasteiger partial charge on any atom is -0.486 e. The fraction of sp³-hybridized carbons (Fsp3) is 0.417. The largest absolute Gasteiger partial charge is 0.486 e. The molecule has 2 aliphatic rings. The molecule has 0 amide bonds. The fourth-order valence-corrected chi connectivity index (χ4v) is 2.14. The summed E-state index contributed by atoms with van der Waals surface area (Å²) in [6, 6.07) is 3.71. The summed E-state index contributed by atoms with van der Waals surface area (Å²) in [5.74, 6) is 1.62. The summed E-state index contributed by atoms with van der Waals surface area (Å²) in [5.41, 5.74) is 1.69. The van der Waals surface area contributed by atoms with Crippen LogP contribution in [-0.4, -0.2) is 32.6 Å². The molecule has 0 atom stereocenters. The molecule has 84 valence electrons. The molecule has 0 unspecified atom stereocenters. The molecule has 0 spiro atoms. The minimum atomic E-state index is 0.185. The van der Waals surface area contributed by atoms with E-state index in [4.69, 9.17) is 9.47 Å². The van der Waals surface area contributed by atoms with Crippen LogP contribution < -0.4 is 14.4 Å². The predicted octanol–water partition coefficient (Wildman–Crippen LogP) is 1.48. The van der Waals surface area contributed by atoms with Gasteiger partial charge in [-0.05, 0) is 6.07 Å². The van der Waals surface area contributed by atoms with Gasteiger partial charge in [0.15, 0.2) is 17.3 Å². The van der Waals surface area contributed by atoms with Crippen molar-refractivity contribution in [2.75, 3.05) is 31.7 Å². The molecule has 2 heterocycles. The second-order valence-electron chi connectivity index (χ2n) is 4.11. The van der Waals surface area contributed by atoms with Crippen LogP contribution in [0.2, 0.25) is 0 Å². The van der Waals surface area contributed by atoms with Gasteiger partial charge in [0.2, 0.25) is 0 Å². The van der Waals surface area contributed by atoms with Gasteiger partial charge >= 0.3 is 0 Å². The summed E-state index contributed by atoms with van der Waals surface area (Å²) in [5, 5.41) is 0. The monoisotopic (exact) mass is 219 g/mol. The number of carbonyl (C=O) groups excluding carboxylic acids is 1. The number of carbonyl (C=O) groups is 1. The molecule has 2 aliphatic heterocycles. The van der Waals surface area contributed by atoms with Crippen LogP contribution in [0.5, 0.6) is 11.5 Å². The van der Waals surface area contributed by atoms with Crippen molar-refractivity contribution < 1.29 is 14.3 Å². The molecule has 4 heteroatoms. The van der Waals surface area contributed by atoms with Crippen molar-refractivity contribution in [1.82, 2.24) is 0 Å². The number of anilines is 1. The Morgan fingerprint density at radius 1 is 1.19 bits per heavy atom. The quantitative estimate of drug-likeness (QED) is 0.662. The highest BCUT2D eigenvalue weighted by atomic mass is 16.6. The maximum Gasteiger partial charge on any atom is 0.166 e.